The van der Waals surface area contributed by atoms with Gasteiger partial charge in [-0.2, -0.15) is 4.68 Å². The minimum absolute atomic E-state index is 0.503. The van der Waals surface area contributed by atoms with Gasteiger partial charge in [0.15, 0.2) is 0 Å². The van der Waals surface area contributed by atoms with Crippen molar-refractivity contribution in [3.63, 3.8) is 0 Å². The van der Waals surface area contributed by atoms with E-state index in [4.69, 9.17) is 10.6 Å². The molecule has 7 nitrogen and oxygen atoms in total. The second-order valence-electron chi connectivity index (χ2n) is 3.22. The second kappa shape index (κ2) is 3.69. The predicted octanol–water partition coefficient (Wildman–Crippen LogP) is -0.540. The minimum Gasteiger partial charge on any atom is -0.496 e. The molecule has 84 valence electrons. The van der Waals surface area contributed by atoms with E-state index in [1.165, 1.54) is 0 Å². The van der Waals surface area contributed by atoms with E-state index in [-0.39, 0.29) is 0 Å². The molecular formula is C9H11N5O2. The molecule has 2 N–H and O–H groups in total. The highest BCUT2D eigenvalue weighted by atomic mass is 16.5. The number of nitrogen functional groups attached to an aromatic ring is 1. The number of benzene rings is 1. The van der Waals surface area contributed by atoms with Crippen LogP contribution in [-0.2, 0) is 0 Å². The van der Waals surface area contributed by atoms with E-state index >= 15 is 0 Å². The Morgan fingerprint density at radius 2 is 2.12 bits per heavy atom. The van der Waals surface area contributed by atoms with Crippen molar-refractivity contribution >= 4 is 0 Å². The van der Waals surface area contributed by atoms with Gasteiger partial charge in [-0.1, -0.05) is 6.07 Å². The Hall–Kier alpha value is -2.31. The van der Waals surface area contributed by atoms with Gasteiger partial charge in [-0.05, 0) is 29.5 Å². The third-order valence-electron chi connectivity index (χ3n) is 2.31. The van der Waals surface area contributed by atoms with Crippen molar-refractivity contribution in [2.75, 3.05) is 13.0 Å². The van der Waals surface area contributed by atoms with Gasteiger partial charge in [0, 0.05) is 5.56 Å². The monoisotopic (exact) mass is 221 g/mol. The third-order valence-corrected chi connectivity index (χ3v) is 2.31. The van der Waals surface area contributed by atoms with Gasteiger partial charge in [-0.15, -0.1) is 4.79 Å². The van der Waals surface area contributed by atoms with Crippen LogP contribution in [0.2, 0.25) is 0 Å². The minimum atomic E-state index is -0.503. The summed E-state index contributed by atoms with van der Waals surface area (Å²) in [7, 11) is 1.56. The van der Waals surface area contributed by atoms with Gasteiger partial charge in [0.05, 0.1) is 12.8 Å². The highest BCUT2D eigenvalue weighted by molar-refractivity contribution is 5.47. The van der Waals surface area contributed by atoms with Crippen molar-refractivity contribution in [1.29, 1.82) is 0 Å². The van der Waals surface area contributed by atoms with E-state index in [0.717, 1.165) is 10.2 Å². The molecule has 1 aromatic carbocycles. The lowest BCUT2D eigenvalue weighted by Crippen LogP contribution is -2.29. The van der Waals surface area contributed by atoms with Gasteiger partial charge < -0.3 is 10.6 Å². The number of aromatic nitrogens is 4. The fraction of sp³-hybridized carbons (Fsp3) is 0.222. The summed E-state index contributed by atoms with van der Waals surface area (Å²) < 4.78 is 6.28. The molecule has 0 saturated carbocycles. The fourth-order valence-electron chi connectivity index (χ4n) is 1.46. The Kier molecular flexibility index (Phi) is 2.35. The number of nitrogens with two attached hydrogens (primary N) is 1. The Morgan fingerprint density at radius 3 is 2.69 bits per heavy atom. The average molecular weight is 221 g/mol. The zero-order valence-electron chi connectivity index (χ0n) is 8.91. The molecule has 0 atom stereocenters. The fourth-order valence-corrected chi connectivity index (χ4v) is 1.46. The molecule has 7 heteroatoms. The molecule has 2 aromatic rings. The zero-order valence-corrected chi connectivity index (χ0v) is 8.91. The molecule has 0 fully saturated rings. The zero-order chi connectivity index (χ0) is 11.7. The van der Waals surface area contributed by atoms with Crippen LogP contribution in [0.5, 0.6) is 5.75 Å². The first-order valence-corrected chi connectivity index (χ1v) is 4.59. The Labute approximate surface area is 91.0 Å². The van der Waals surface area contributed by atoms with E-state index in [9.17, 15) is 4.79 Å². The van der Waals surface area contributed by atoms with Crippen LogP contribution in [0.4, 0.5) is 0 Å². The number of hydrogen-bond acceptors (Lipinski definition) is 5. The largest absolute Gasteiger partial charge is 0.496 e. The number of nitrogens with zero attached hydrogens (tertiary/aromatic N) is 4. The standard InChI is InChI=1S/C9H11N5O2/c1-6-7(4-3-5-8(6)16-2)13-9(15)14(10)12-11-13/h3-5H,10H2,1-2H3. The SMILES string of the molecule is COc1cccc(-n2nnn(N)c2=O)c1C. The number of tetrazole rings is 1. The molecular weight excluding hydrogens is 210 g/mol. The molecule has 1 heterocycles. The molecule has 0 aliphatic rings. The molecule has 0 aliphatic carbocycles. The van der Waals surface area contributed by atoms with Gasteiger partial charge in [0.2, 0.25) is 0 Å². The first-order chi connectivity index (χ1) is 7.65. The highest BCUT2D eigenvalue weighted by Gasteiger charge is 2.11. The van der Waals surface area contributed by atoms with Crippen molar-refractivity contribution in [2.24, 2.45) is 0 Å². The van der Waals surface area contributed by atoms with Crippen LogP contribution in [0.25, 0.3) is 5.69 Å². The molecule has 16 heavy (non-hydrogen) atoms. The summed E-state index contributed by atoms with van der Waals surface area (Å²) >= 11 is 0. The summed E-state index contributed by atoms with van der Waals surface area (Å²) in [5.41, 5.74) is 0.894. The van der Waals surface area contributed by atoms with E-state index in [0.29, 0.717) is 16.2 Å². The molecule has 0 spiro atoms. The number of methoxy groups -OCH3 is 1. The maximum absolute atomic E-state index is 11.6. The molecule has 0 aliphatic heterocycles. The van der Waals surface area contributed by atoms with Gasteiger partial charge in [-0.25, -0.2) is 4.79 Å². The van der Waals surface area contributed by atoms with Crippen LogP contribution < -0.4 is 16.3 Å². The molecule has 0 bridgehead atoms. The van der Waals surface area contributed by atoms with Crippen LogP contribution in [0, 0.1) is 6.92 Å². The van der Waals surface area contributed by atoms with Crippen LogP contribution in [0.1, 0.15) is 5.56 Å². The van der Waals surface area contributed by atoms with Crippen LogP contribution in [0.3, 0.4) is 0 Å². The maximum atomic E-state index is 11.6. The molecule has 0 unspecified atom stereocenters. The Balaban J connectivity index is 2.65. The third kappa shape index (κ3) is 1.42. The average Bonchev–Trinajstić information content (AvgIpc) is 2.61. The van der Waals surface area contributed by atoms with E-state index < -0.39 is 5.69 Å². The number of rotatable bonds is 2. The van der Waals surface area contributed by atoms with Gasteiger partial charge in [0.25, 0.3) is 0 Å². The number of hydrogen-bond donors (Lipinski definition) is 1. The lowest BCUT2D eigenvalue weighted by atomic mass is 10.2. The lowest BCUT2D eigenvalue weighted by molar-refractivity contribution is 0.411. The Morgan fingerprint density at radius 1 is 1.38 bits per heavy atom. The second-order valence-corrected chi connectivity index (χ2v) is 3.22. The van der Waals surface area contributed by atoms with Crippen LogP contribution >= 0.6 is 0 Å². The molecule has 0 saturated heterocycles. The molecule has 0 amide bonds. The van der Waals surface area contributed by atoms with E-state index in [1.807, 2.05) is 6.92 Å². The summed E-state index contributed by atoms with van der Waals surface area (Å²) in [6.07, 6.45) is 0. The summed E-state index contributed by atoms with van der Waals surface area (Å²) in [5, 5.41) is 7.10. The van der Waals surface area contributed by atoms with E-state index in [1.54, 1.807) is 25.3 Å². The van der Waals surface area contributed by atoms with E-state index in [2.05, 4.69) is 10.4 Å². The Bertz CT molecular complexity index is 572. The summed E-state index contributed by atoms with van der Waals surface area (Å²) in [4.78, 5) is 12.2. The van der Waals surface area contributed by atoms with Crippen molar-refractivity contribution in [3.8, 4) is 11.4 Å². The highest BCUT2D eigenvalue weighted by Crippen LogP contribution is 2.22. The predicted molar refractivity (Wildman–Crippen MR) is 57.1 cm³/mol. The summed E-state index contributed by atoms with van der Waals surface area (Å²) in [6, 6.07) is 5.31. The molecule has 0 radical (unpaired) electrons. The van der Waals surface area contributed by atoms with Gasteiger partial charge in [0.1, 0.15) is 5.75 Å². The smallest absolute Gasteiger partial charge is 0.387 e. The normalized spacial score (nSPS) is 10.4. The van der Waals surface area contributed by atoms with Crippen molar-refractivity contribution in [1.82, 2.24) is 19.9 Å². The quantitative estimate of drug-likeness (QED) is 0.688. The van der Waals surface area contributed by atoms with Crippen molar-refractivity contribution in [3.05, 3.63) is 34.2 Å². The van der Waals surface area contributed by atoms with Crippen molar-refractivity contribution < 1.29 is 4.74 Å². The first kappa shape index (κ1) is 10.2. The summed E-state index contributed by atoms with van der Waals surface area (Å²) in [5.74, 6) is 5.95. The molecule has 1 aromatic heterocycles. The van der Waals surface area contributed by atoms with Crippen LogP contribution in [-0.4, -0.2) is 27.0 Å². The topological polar surface area (TPSA) is 88.0 Å². The molecule has 2 rings (SSSR count). The van der Waals surface area contributed by atoms with Crippen LogP contribution in [0.15, 0.2) is 23.0 Å². The van der Waals surface area contributed by atoms with Gasteiger partial charge in [-0.3, -0.25) is 0 Å². The lowest BCUT2D eigenvalue weighted by Gasteiger charge is -2.08. The van der Waals surface area contributed by atoms with Crippen molar-refractivity contribution in [2.45, 2.75) is 6.92 Å². The number of ether oxygens (including phenoxy) is 1. The maximum Gasteiger partial charge on any atom is 0.387 e. The van der Waals surface area contributed by atoms with Gasteiger partial charge >= 0.3 is 5.69 Å². The first-order valence-electron chi connectivity index (χ1n) is 4.59. The summed E-state index contributed by atoms with van der Waals surface area (Å²) in [6.45, 7) is 1.83.